The van der Waals surface area contributed by atoms with E-state index in [4.69, 9.17) is 16.6 Å². The van der Waals surface area contributed by atoms with Crippen LogP contribution in [0.2, 0.25) is 0 Å². The third kappa shape index (κ3) is 6.05. The first kappa shape index (κ1) is 17.4. The van der Waals surface area contributed by atoms with Crippen LogP contribution in [0.1, 0.15) is 17.1 Å². The summed E-state index contributed by atoms with van der Waals surface area (Å²) in [5.74, 6) is 0.629. The van der Waals surface area contributed by atoms with Crippen molar-refractivity contribution in [2.45, 2.75) is 13.3 Å². The average molecular weight is 343 g/mol. The second-order valence-electron chi connectivity index (χ2n) is 4.94. The first-order chi connectivity index (χ1) is 11.5. The number of carbonyl (C=O) groups is 2. The summed E-state index contributed by atoms with van der Waals surface area (Å²) < 4.78 is 5.30. The van der Waals surface area contributed by atoms with Crippen molar-refractivity contribution in [3.05, 3.63) is 65.6 Å². The van der Waals surface area contributed by atoms with Gasteiger partial charge in [0.25, 0.3) is 0 Å². The number of nitrogens with one attached hydrogen (secondary N) is 3. The molecule has 1 aromatic heterocycles. The van der Waals surface area contributed by atoms with Crippen LogP contribution in [0.15, 0.2) is 53.0 Å². The summed E-state index contributed by atoms with van der Waals surface area (Å²) in [5, 5.41) is 2.42. The predicted octanol–water partition coefficient (Wildman–Crippen LogP) is 1.87. The van der Waals surface area contributed by atoms with E-state index >= 15 is 0 Å². The normalized spacial score (nSPS) is 10.4. The van der Waals surface area contributed by atoms with Crippen molar-refractivity contribution < 1.29 is 14.0 Å². The highest BCUT2D eigenvalue weighted by molar-refractivity contribution is 7.80. The van der Waals surface area contributed by atoms with Gasteiger partial charge in [0.05, 0.1) is 6.42 Å². The van der Waals surface area contributed by atoms with E-state index in [2.05, 4.69) is 16.2 Å². The van der Waals surface area contributed by atoms with Gasteiger partial charge in [0.1, 0.15) is 11.5 Å². The van der Waals surface area contributed by atoms with Crippen molar-refractivity contribution in [1.29, 1.82) is 0 Å². The Morgan fingerprint density at radius 2 is 1.88 bits per heavy atom. The van der Waals surface area contributed by atoms with E-state index in [0.717, 1.165) is 11.3 Å². The molecular weight excluding hydrogens is 326 g/mol. The predicted molar refractivity (Wildman–Crippen MR) is 94.6 cm³/mol. The van der Waals surface area contributed by atoms with E-state index in [-0.39, 0.29) is 17.4 Å². The maximum atomic E-state index is 11.7. The fraction of sp³-hybridized carbons (Fsp3) is 0.118. The van der Waals surface area contributed by atoms with Gasteiger partial charge in [0, 0.05) is 6.08 Å². The minimum atomic E-state index is -0.432. The Morgan fingerprint density at radius 1 is 1.12 bits per heavy atom. The van der Waals surface area contributed by atoms with Gasteiger partial charge in [-0.05, 0) is 42.9 Å². The Morgan fingerprint density at radius 3 is 2.54 bits per heavy atom. The third-order valence-corrected chi connectivity index (χ3v) is 3.12. The zero-order valence-electron chi connectivity index (χ0n) is 13.0. The fourth-order valence-corrected chi connectivity index (χ4v) is 1.99. The van der Waals surface area contributed by atoms with Gasteiger partial charge >= 0.3 is 0 Å². The molecule has 124 valence electrons. The number of hydrazine groups is 1. The van der Waals surface area contributed by atoms with Crippen molar-refractivity contribution in [1.82, 2.24) is 16.2 Å². The van der Waals surface area contributed by atoms with Crippen molar-refractivity contribution in [3.63, 3.8) is 0 Å². The van der Waals surface area contributed by atoms with E-state index in [1.807, 2.05) is 37.3 Å². The van der Waals surface area contributed by atoms with Crippen LogP contribution in [0.4, 0.5) is 0 Å². The van der Waals surface area contributed by atoms with Crippen LogP contribution < -0.4 is 16.2 Å². The number of hydrogen-bond donors (Lipinski definition) is 3. The van der Waals surface area contributed by atoms with E-state index in [1.165, 1.54) is 12.2 Å². The Balaban J connectivity index is 1.71. The Hall–Kier alpha value is -2.93. The number of amides is 2. The van der Waals surface area contributed by atoms with Crippen molar-refractivity contribution in [2.24, 2.45) is 0 Å². The second kappa shape index (κ2) is 8.64. The quantitative estimate of drug-likeness (QED) is 0.448. The number of thiocarbonyl (C=S) groups is 1. The highest BCUT2D eigenvalue weighted by Gasteiger charge is 2.05. The van der Waals surface area contributed by atoms with Gasteiger partial charge in [0.15, 0.2) is 5.11 Å². The minimum absolute atomic E-state index is 0.00156. The number of carbonyl (C=O) groups excluding carboxylic acids is 2. The highest BCUT2D eigenvalue weighted by atomic mass is 32.1. The molecule has 0 fully saturated rings. The zero-order chi connectivity index (χ0) is 17.4. The molecule has 2 amide bonds. The lowest BCUT2D eigenvalue weighted by Gasteiger charge is -2.09. The molecule has 0 aliphatic carbocycles. The monoisotopic (exact) mass is 343 g/mol. The SMILES string of the molecule is Cc1ccc(C=CC(=O)NC(=S)NNC(=O)Cc2ccccc2)o1. The molecule has 0 saturated carbocycles. The van der Waals surface area contributed by atoms with Gasteiger partial charge in [-0.15, -0.1) is 0 Å². The molecule has 7 heteroatoms. The van der Waals surface area contributed by atoms with E-state index < -0.39 is 5.91 Å². The summed E-state index contributed by atoms with van der Waals surface area (Å²) in [6.45, 7) is 1.81. The summed E-state index contributed by atoms with van der Waals surface area (Å²) in [5.41, 5.74) is 5.78. The third-order valence-electron chi connectivity index (χ3n) is 2.92. The first-order valence-corrected chi connectivity index (χ1v) is 7.62. The Bertz CT molecular complexity index is 753. The lowest BCUT2D eigenvalue weighted by Crippen LogP contribution is -2.48. The van der Waals surface area contributed by atoms with Crippen molar-refractivity contribution in [2.75, 3.05) is 0 Å². The van der Waals surface area contributed by atoms with E-state index in [0.29, 0.717) is 5.76 Å². The summed E-state index contributed by atoms with van der Waals surface area (Å²) in [6, 6.07) is 12.8. The molecule has 1 heterocycles. The lowest BCUT2D eigenvalue weighted by atomic mass is 10.1. The molecule has 0 saturated heterocycles. The number of rotatable bonds is 4. The molecule has 0 aliphatic heterocycles. The van der Waals surface area contributed by atoms with Gasteiger partial charge in [-0.2, -0.15) is 0 Å². The van der Waals surface area contributed by atoms with Gasteiger partial charge in [-0.25, -0.2) is 0 Å². The highest BCUT2D eigenvalue weighted by Crippen LogP contribution is 2.07. The topological polar surface area (TPSA) is 83.4 Å². The molecule has 0 radical (unpaired) electrons. The summed E-state index contributed by atoms with van der Waals surface area (Å²) in [4.78, 5) is 23.4. The van der Waals surface area contributed by atoms with Gasteiger partial charge < -0.3 is 4.42 Å². The van der Waals surface area contributed by atoms with Crippen molar-refractivity contribution in [3.8, 4) is 0 Å². The van der Waals surface area contributed by atoms with Gasteiger partial charge in [-0.1, -0.05) is 30.3 Å². The zero-order valence-corrected chi connectivity index (χ0v) is 13.9. The molecule has 0 bridgehead atoms. The van der Waals surface area contributed by atoms with Crippen LogP contribution in [0.25, 0.3) is 6.08 Å². The summed E-state index contributed by atoms with van der Waals surface area (Å²) >= 11 is 4.93. The van der Waals surface area contributed by atoms with Crippen LogP contribution in [-0.4, -0.2) is 16.9 Å². The molecule has 2 aromatic rings. The molecule has 2 rings (SSSR count). The smallest absolute Gasteiger partial charge is 0.250 e. The van der Waals surface area contributed by atoms with Crippen LogP contribution in [-0.2, 0) is 16.0 Å². The molecular formula is C17H17N3O3S. The van der Waals surface area contributed by atoms with E-state index in [1.54, 1.807) is 12.1 Å². The second-order valence-corrected chi connectivity index (χ2v) is 5.34. The van der Waals surface area contributed by atoms with Gasteiger partial charge in [0.2, 0.25) is 11.8 Å². The van der Waals surface area contributed by atoms with Gasteiger partial charge in [-0.3, -0.25) is 25.8 Å². The van der Waals surface area contributed by atoms with Crippen LogP contribution >= 0.6 is 12.2 Å². The molecule has 0 aliphatic rings. The Kier molecular flexibility index (Phi) is 6.27. The molecule has 3 N–H and O–H groups in total. The minimum Gasteiger partial charge on any atom is -0.462 e. The van der Waals surface area contributed by atoms with Crippen molar-refractivity contribution >= 4 is 35.2 Å². The first-order valence-electron chi connectivity index (χ1n) is 7.21. The standard InChI is InChI=1S/C17H17N3O3S/c1-12-7-8-14(23-12)9-10-15(21)18-17(24)20-19-16(22)11-13-5-3-2-4-6-13/h2-10H,11H2,1H3,(H,19,22)(H2,18,20,21,24). The summed E-state index contributed by atoms with van der Waals surface area (Å²) in [6.07, 6.45) is 3.03. The largest absolute Gasteiger partial charge is 0.462 e. The molecule has 24 heavy (non-hydrogen) atoms. The van der Waals surface area contributed by atoms with Crippen LogP contribution in [0, 0.1) is 6.92 Å². The maximum Gasteiger partial charge on any atom is 0.250 e. The van der Waals surface area contributed by atoms with E-state index in [9.17, 15) is 9.59 Å². The average Bonchev–Trinajstić information content (AvgIpc) is 2.97. The molecule has 0 unspecified atom stereocenters. The molecule has 1 aromatic carbocycles. The lowest BCUT2D eigenvalue weighted by molar-refractivity contribution is -0.121. The maximum absolute atomic E-state index is 11.7. The Labute approximate surface area is 144 Å². The number of aryl methyl sites for hydroxylation is 1. The molecule has 0 atom stereocenters. The van der Waals surface area contributed by atoms with Crippen LogP contribution in [0.5, 0.6) is 0 Å². The number of furan rings is 1. The number of benzene rings is 1. The fourth-order valence-electron chi connectivity index (χ4n) is 1.84. The number of hydrogen-bond acceptors (Lipinski definition) is 4. The summed E-state index contributed by atoms with van der Waals surface area (Å²) in [7, 11) is 0. The van der Waals surface area contributed by atoms with Crippen LogP contribution in [0.3, 0.4) is 0 Å². The molecule has 0 spiro atoms. The molecule has 6 nitrogen and oxygen atoms in total.